The Balaban J connectivity index is 1.72. The Bertz CT molecular complexity index is 1030. The quantitative estimate of drug-likeness (QED) is 0.497. The molecule has 0 aliphatic carbocycles. The number of carbonyl (C=O) groups is 2. The van der Waals surface area contributed by atoms with Crippen LogP contribution in [0, 0.1) is 6.92 Å². The van der Waals surface area contributed by atoms with Gasteiger partial charge in [0.05, 0.1) is 5.52 Å². The number of ketones is 1. The number of benzene rings is 2. The maximum Gasteiger partial charge on any atom is 0.248 e. The minimum absolute atomic E-state index is 0.241. The van der Waals surface area contributed by atoms with Gasteiger partial charge in [-0.1, -0.05) is 15.9 Å². The molecule has 0 aliphatic rings. The molecule has 2 aromatic carbocycles. The summed E-state index contributed by atoms with van der Waals surface area (Å²) >= 11 is 3.31. The number of hydrogen-bond acceptors (Lipinski definition) is 4. The Morgan fingerprint density at radius 3 is 2.54 bits per heavy atom. The van der Waals surface area contributed by atoms with Crippen LogP contribution in [0.2, 0.25) is 0 Å². The summed E-state index contributed by atoms with van der Waals surface area (Å²) in [6.07, 6.45) is 2.46. The van der Waals surface area contributed by atoms with E-state index in [1.807, 2.05) is 6.92 Å². The summed E-state index contributed by atoms with van der Waals surface area (Å²) in [4.78, 5) is 28.5. The van der Waals surface area contributed by atoms with Crippen molar-refractivity contribution >= 4 is 49.9 Å². The Labute approximate surface area is 159 Å². The van der Waals surface area contributed by atoms with Crippen molar-refractivity contribution in [3.05, 3.63) is 76.4 Å². The van der Waals surface area contributed by atoms with Crippen molar-refractivity contribution in [1.82, 2.24) is 4.98 Å². The van der Waals surface area contributed by atoms with Crippen molar-refractivity contribution in [3.8, 4) is 0 Å². The molecule has 3 rings (SSSR count). The third-order valence-electron chi connectivity index (χ3n) is 3.75. The highest BCUT2D eigenvalue weighted by Gasteiger charge is 2.06. The first-order chi connectivity index (χ1) is 12.4. The second-order valence-electron chi connectivity index (χ2n) is 5.78. The lowest BCUT2D eigenvalue weighted by Crippen LogP contribution is -2.09. The molecule has 6 heteroatoms. The summed E-state index contributed by atoms with van der Waals surface area (Å²) < 4.78 is 0.885. The predicted molar refractivity (Wildman–Crippen MR) is 107 cm³/mol. The second-order valence-corrected chi connectivity index (χ2v) is 6.69. The molecular weight excluding hydrogens is 394 g/mol. The van der Waals surface area contributed by atoms with E-state index < -0.39 is 5.91 Å². The van der Waals surface area contributed by atoms with Crippen LogP contribution in [0.1, 0.15) is 16.1 Å². The van der Waals surface area contributed by atoms with Crippen LogP contribution in [0.4, 0.5) is 11.4 Å². The Morgan fingerprint density at radius 2 is 1.81 bits per heavy atom. The van der Waals surface area contributed by atoms with E-state index in [9.17, 15) is 9.59 Å². The molecule has 0 fully saturated rings. The first-order valence-electron chi connectivity index (χ1n) is 7.88. The van der Waals surface area contributed by atoms with Crippen LogP contribution in [-0.4, -0.2) is 16.7 Å². The number of hydrogen-bond donors (Lipinski definition) is 2. The van der Waals surface area contributed by atoms with Crippen molar-refractivity contribution < 1.29 is 9.59 Å². The number of aryl methyl sites for hydroxylation is 1. The summed E-state index contributed by atoms with van der Waals surface area (Å²) in [5, 5.41) is 3.49. The smallest absolute Gasteiger partial charge is 0.248 e. The molecule has 130 valence electrons. The van der Waals surface area contributed by atoms with E-state index in [1.165, 1.54) is 12.2 Å². The van der Waals surface area contributed by atoms with Crippen LogP contribution in [0.25, 0.3) is 10.9 Å². The maximum absolute atomic E-state index is 12.1. The van der Waals surface area contributed by atoms with Crippen molar-refractivity contribution in [2.75, 3.05) is 11.1 Å². The molecule has 3 aromatic rings. The lowest BCUT2D eigenvalue weighted by atomic mass is 10.1. The number of fused-ring (bicyclic) bond motifs is 1. The number of rotatable bonds is 4. The first kappa shape index (κ1) is 17.8. The molecule has 3 N–H and O–H groups in total. The van der Waals surface area contributed by atoms with Crippen molar-refractivity contribution in [2.45, 2.75) is 6.92 Å². The van der Waals surface area contributed by atoms with Crippen LogP contribution in [0.15, 0.2) is 65.2 Å². The van der Waals surface area contributed by atoms with Gasteiger partial charge in [-0.25, -0.2) is 0 Å². The monoisotopic (exact) mass is 409 g/mol. The number of carbonyl (C=O) groups excluding carboxylic acids is 2. The predicted octanol–water partition coefficient (Wildman–Crippen LogP) is 4.27. The van der Waals surface area contributed by atoms with Crippen LogP contribution >= 0.6 is 15.9 Å². The molecule has 0 bridgehead atoms. The number of halogens is 1. The number of pyridine rings is 1. The molecule has 0 atom stereocenters. The zero-order valence-electron chi connectivity index (χ0n) is 14.0. The number of anilines is 2. The maximum atomic E-state index is 12.1. The lowest BCUT2D eigenvalue weighted by molar-refractivity contribution is -0.111. The largest absolute Gasteiger partial charge is 0.398 e. The average molecular weight is 410 g/mol. The van der Waals surface area contributed by atoms with Crippen LogP contribution in [0.5, 0.6) is 0 Å². The molecule has 0 aliphatic heterocycles. The summed E-state index contributed by atoms with van der Waals surface area (Å²) in [6, 6.07) is 14.0. The summed E-state index contributed by atoms with van der Waals surface area (Å²) in [5.41, 5.74) is 9.31. The lowest BCUT2D eigenvalue weighted by Gasteiger charge is -2.07. The molecule has 0 spiro atoms. The highest BCUT2D eigenvalue weighted by atomic mass is 79.9. The van der Waals surface area contributed by atoms with Gasteiger partial charge in [0.25, 0.3) is 0 Å². The SMILES string of the molecule is Cc1cc(N)c2cc(NC(=O)C=CC(=O)c3ccc(Br)cc3)ccc2n1. The van der Waals surface area contributed by atoms with Gasteiger partial charge >= 0.3 is 0 Å². The minimum atomic E-state index is -0.395. The Hall–Kier alpha value is -2.99. The van der Waals surface area contributed by atoms with Gasteiger partial charge in [-0.15, -0.1) is 0 Å². The van der Waals surface area contributed by atoms with Gasteiger partial charge in [-0.05, 0) is 61.5 Å². The number of nitrogens with two attached hydrogens (primary N) is 1. The number of nitrogens with one attached hydrogen (secondary N) is 1. The number of allylic oxidation sites excluding steroid dienone is 1. The molecule has 0 saturated heterocycles. The number of nitrogens with zero attached hydrogens (tertiary/aromatic N) is 1. The van der Waals surface area contributed by atoms with Crippen molar-refractivity contribution in [3.63, 3.8) is 0 Å². The third kappa shape index (κ3) is 4.15. The number of nitrogen functional groups attached to an aromatic ring is 1. The van der Waals surface area contributed by atoms with E-state index in [1.54, 1.807) is 48.5 Å². The van der Waals surface area contributed by atoms with E-state index in [2.05, 4.69) is 26.2 Å². The van der Waals surface area contributed by atoms with E-state index >= 15 is 0 Å². The molecule has 0 unspecified atom stereocenters. The first-order valence-corrected chi connectivity index (χ1v) is 8.67. The van der Waals surface area contributed by atoms with E-state index in [0.717, 1.165) is 21.1 Å². The average Bonchev–Trinajstić information content (AvgIpc) is 2.61. The van der Waals surface area contributed by atoms with E-state index in [0.29, 0.717) is 16.9 Å². The minimum Gasteiger partial charge on any atom is -0.398 e. The summed E-state index contributed by atoms with van der Waals surface area (Å²) in [5.74, 6) is -0.636. The van der Waals surface area contributed by atoms with Gasteiger partial charge in [0, 0.05) is 38.6 Å². The van der Waals surface area contributed by atoms with Crippen molar-refractivity contribution in [2.24, 2.45) is 0 Å². The topological polar surface area (TPSA) is 85.1 Å². The summed E-state index contributed by atoms with van der Waals surface area (Å²) in [7, 11) is 0. The normalized spacial score (nSPS) is 11.0. The third-order valence-corrected chi connectivity index (χ3v) is 4.28. The number of aromatic nitrogens is 1. The second kappa shape index (κ2) is 7.49. The van der Waals surface area contributed by atoms with Crippen LogP contribution in [0.3, 0.4) is 0 Å². The zero-order valence-corrected chi connectivity index (χ0v) is 15.6. The van der Waals surface area contributed by atoms with E-state index in [-0.39, 0.29) is 5.78 Å². The van der Waals surface area contributed by atoms with Gasteiger partial charge in [0.1, 0.15) is 0 Å². The van der Waals surface area contributed by atoms with Crippen LogP contribution in [-0.2, 0) is 4.79 Å². The molecular formula is C20H16BrN3O2. The van der Waals surface area contributed by atoms with Gasteiger partial charge in [-0.2, -0.15) is 0 Å². The molecule has 26 heavy (non-hydrogen) atoms. The molecule has 5 nitrogen and oxygen atoms in total. The highest BCUT2D eigenvalue weighted by molar-refractivity contribution is 9.10. The molecule has 0 radical (unpaired) electrons. The highest BCUT2D eigenvalue weighted by Crippen LogP contribution is 2.24. The fourth-order valence-corrected chi connectivity index (χ4v) is 2.78. The van der Waals surface area contributed by atoms with E-state index in [4.69, 9.17) is 5.73 Å². The van der Waals surface area contributed by atoms with Crippen molar-refractivity contribution in [1.29, 1.82) is 0 Å². The van der Waals surface area contributed by atoms with Gasteiger partial charge in [-0.3, -0.25) is 14.6 Å². The molecule has 1 heterocycles. The standard InChI is InChI=1S/C20H16BrN3O2/c1-12-10-17(22)16-11-15(6-7-18(16)23-12)24-20(26)9-8-19(25)13-2-4-14(21)5-3-13/h2-11H,1H3,(H2,22,23)(H,24,26). The van der Waals surface area contributed by atoms with Gasteiger partial charge in [0.2, 0.25) is 5.91 Å². The fraction of sp³-hybridized carbons (Fsp3) is 0.0500. The Morgan fingerprint density at radius 1 is 1.08 bits per heavy atom. The number of amides is 1. The van der Waals surface area contributed by atoms with Gasteiger partial charge < -0.3 is 11.1 Å². The molecule has 1 amide bonds. The Kier molecular flexibility index (Phi) is 5.14. The van der Waals surface area contributed by atoms with Crippen LogP contribution < -0.4 is 11.1 Å². The van der Waals surface area contributed by atoms with Gasteiger partial charge in [0.15, 0.2) is 5.78 Å². The summed E-state index contributed by atoms with van der Waals surface area (Å²) in [6.45, 7) is 1.87. The molecule has 1 aromatic heterocycles. The fourth-order valence-electron chi connectivity index (χ4n) is 2.51. The molecule has 0 saturated carbocycles. The zero-order chi connectivity index (χ0) is 18.7.